The molecule has 0 aromatic heterocycles. The molecule has 0 radical (unpaired) electrons. The summed E-state index contributed by atoms with van der Waals surface area (Å²) in [7, 11) is 1.63. The predicted molar refractivity (Wildman–Crippen MR) is 130 cm³/mol. The lowest BCUT2D eigenvalue weighted by molar-refractivity contribution is -0.114. The maximum Gasteiger partial charge on any atom is 0.251 e. The smallest absolute Gasteiger partial charge is 0.251 e. The first-order valence-corrected chi connectivity index (χ1v) is 10.8. The van der Waals surface area contributed by atoms with Crippen LogP contribution in [0, 0.1) is 0 Å². The normalized spacial score (nSPS) is 10.3. The number of carbonyl (C=O) groups excluding carboxylic acids is 2. The molecule has 7 heteroatoms. The van der Waals surface area contributed by atoms with Crippen molar-refractivity contribution in [2.45, 2.75) is 13.0 Å². The van der Waals surface area contributed by atoms with Gasteiger partial charge in [0.1, 0.15) is 12.4 Å². The van der Waals surface area contributed by atoms with Gasteiger partial charge in [0.25, 0.3) is 5.91 Å². The first-order valence-electron chi connectivity index (χ1n) is 10.8. The Balaban J connectivity index is 1.47. The highest BCUT2D eigenvalue weighted by Gasteiger charge is 2.08. The van der Waals surface area contributed by atoms with Crippen molar-refractivity contribution in [1.29, 1.82) is 0 Å². The van der Waals surface area contributed by atoms with Crippen LogP contribution in [0.2, 0.25) is 0 Å². The lowest BCUT2D eigenvalue weighted by atomic mass is 10.2. The van der Waals surface area contributed by atoms with E-state index in [2.05, 4.69) is 16.0 Å². The SMILES string of the molecule is COCCCNC(=O)c1ccc(NC(=O)CNc2ccccc2OCc2ccccc2)cc1. The molecule has 0 saturated carbocycles. The van der Waals surface area contributed by atoms with Gasteiger partial charge in [-0.15, -0.1) is 0 Å². The van der Waals surface area contributed by atoms with Crippen LogP contribution in [0.1, 0.15) is 22.3 Å². The lowest BCUT2D eigenvalue weighted by Gasteiger charge is -2.13. The van der Waals surface area contributed by atoms with E-state index in [0.717, 1.165) is 17.7 Å². The van der Waals surface area contributed by atoms with Gasteiger partial charge in [0.15, 0.2) is 0 Å². The highest BCUT2D eigenvalue weighted by Crippen LogP contribution is 2.24. The quantitative estimate of drug-likeness (QED) is 0.364. The Morgan fingerprint density at radius 2 is 1.61 bits per heavy atom. The molecule has 3 aromatic rings. The molecule has 0 bridgehead atoms. The third-order valence-corrected chi connectivity index (χ3v) is 4.81. The predicted octanol–water partition coefficient (Wildman–Crippen LogP) is 4.08. The molecule has 33 heavy (non-hydrogen) atoms. The number of rotatable bonds is 12. The van der Waals surface area contributed by atoms with Crippen LogP contribution in [0.4, 0.5) is 11.4 Å². The van der Waals surface area contributed by atoms with Crippen LogP contribution in [0.5, 0.6) is 5.75 Å². The maximum atomic E-state index is 12.4. The van der Waals surface area contributed by atoms with E-state index in [1.54, 1.807) is 31.4 Å². The summed E-state index contributed by atoms with van der Waals surface area (Å²) in [6, 6.07) is 24.2. The van der Waals surface area contributed by atoms with Crippen molar-refractivity contribution in [3.05, 3.63) is 90.0 Å². The van der Waals surface area contributed by atoms with Gasteiger partial charge in [0.2, 0.25) is 5.91 Å². The molecule has 0 atom stereocenters. The highest BCUT2D eigenvalue weighted by atomic mass is 16.5. The molecule has 0 heterocycles. The van der Waals surface area contributed by atoms with Gasteiger partial charge in [-0.05, 0) is 48.4 Å². The number of hydrogen-bond acceptors (Lipinski definition) is 5. The van der Waals surface area contributed by atoms with Gasteiger partial charge in [-0.3, -0.25) is 9.59 Å². The number of methoxy groups -OCH3 is 1. The van der Waals surface area contributed by atoms with Gasteiger partial charge in [-0.25, -0.2) is 0 Å². The number of benzene rings is 3. The summed E-state index contributed by atoms with van der Waals surface area (Å²) in [5, 5.41) is 8.78. The van der Waals surface area contributed by atoms with Crippen molar-refractivity contribution in [2.24, 2.45) is 0 Å². The third-order valence-electron chi connectivity index (χ3n) is 4.81. The second-order valence-corrected chi connectivity index (χ2v) is 7.35. The number of anilines is 2. The van der Waals surface area contributed by atoms with E-state index in [0.29, 0.717) is 36.8 Å². The monoisotopic (exact) mass is 447 g/mol. The number of amides is 2. The van der Waals surface area contributed by atoms with Crippen LogP contribution in [0.25, 0.3) is 0 Å². The van der Waals surface area contributed by atoms with Crippen LogP contribution in [-0.2, 0) is 16.1 Å². The van der Waals surface area contributed by atoms with Crippen LogP contribution in [0.15, 0.2) is 78.9 Å². The number of ether oxygens (including phenoxy) is 2. The van der Waals surface area contributed by atoms with Gasteiger partial charge < -0.3 is 25.4 Å². The van der Waals surface area contributed by atoms with Crippen LogP contribution >= 0.6 is 0 Å². The first kappa shape index (κ1) is 23.8. The van der Waals surface area contributed by atoms with Crippen molar-refractivity contribution < 1.29 is 19.1 Å². The fourth-order valence-corrected chi connectivity index (χ4v) is 3.08. The second-order valence-electron chi connectivity index (χ2n) is 7.35. The molecule has 3 N–H and O–H groups in total. The third kappa shape index (κ3) is 7.97. The molecule has 0 aliphatic heterocycles. The summed E-state index contributed by atoms with van der Waals surface area (Å²) in [6.45, 7) is 1.67. The molecule has 172 valence electrons. The number of hydrogen-bond donors (Lipinski definition) is 3. The zero-order chi connectivity index (χ0) is 23.3. The minimum Gasteiger partial charge on any atom is -0.487 e. The Labute approximate surface area is 194 Å². The zero-order valence-electron chi connectivity index (χ0n) is 18.7. The molecule has 3 aromatic carbocycles. The maximum absolute atomic E-state index is 12.4. The lowest BCUT2D eigenvalue weighted by Crippen LogP contribution is -2.25. The number of nitrogens with one attached hydrogen (secondary N) is 3. The molecule has 7 nitrogen and oxygen atoms in total. The van der Waals surface area contributed by atoms with E-state index in [9.17, 15) is 9.59 Å². The Hall–Kier alpha value is -3.84. The molecular weight excluding hydrogens is 418 g/mol. The average Bonchev–Trinajstić information content (AvgIpc) is 2.85. The summed E-state index contributed by atoms with van der Waals surface area (Å²) < 4.78 is 10.9. The van der Waals surface area contributed by atoms with Gasteiger partial charge >= 0.3 is 0 Å². The Morgan fingerprint density at radius 3 is 2.36 bits per heavy atom. The number of carbonyl (C=O) groups is 2. The number of para-hydroxylation sites is 2. The van der Waals surface area contributed by atoms with E-state index in [1.807, 2.05) is 54.6 Å². The molecule has 0 fully saturated rings. The minimum atomic E-state index is -0.204. The summed E-state index contributed by atoms with van der Waals surface area (Å²) in [5.41, 5.74) is 2.96. The largest absolute Gasteiger partial charge is 0.487 e. The first-order chi connectivity index (χ1) is 16.2. The summed E-state index contributed by atoms with van der Waals surface area (Å²) >= 11 is 0. The van der Waals surface area contributed by atoms with E-state index in [1.165, 1.54) is 0 Å². The Morgan fingerprint density at radius 1 is 0.879 bits per heavy atom. The van der Waals surface area contributed by atoms with Crippen molar-refractivity contribution >= 4 is 23.2 Å². The van der Waals surface area contributed by atoms with Crippen molar-refractivity contribution in [3.63, 3.8) is 0 Å². The Bertz CT molecular complexity index is 1020. The Kier molecular flexibility index (Phi) is 9.29. The fourth-order valence-electron chi connectivity index (χ4n) is 3.08. The molecule has 0 saturated heterocycles. The zero-order valence-corrected chi connectivity index (χ0v) is 18.7. The van der Waals surface area contributed by atoms with Crippen molar-refractivity contribution in [3.8, 4) is 5.75 Å². The van der Waals surface area contributed by atoms with Crippen LogP contribution < -0.4 is 20.7 Å². The van der Waals surface area contributed by atoms with Crippen molar-refractivity contribution in [2.75, 3.05) is 37.4 Å². The van der Waals surface area contributed by atoms with Crippen LogP contribution in [0.3, 0.4) is 0 Å². The molecule has 0 aliphatic rings. The molecule has 3 rings (SSSR count). The second kappa shape index (κ2) is 12.9. The van der Waals surface area contributed by atoms with Gasteiger partial charge in [0, 0.05) is 31.5 Å². The minimum absolute atomic E-state index is 0.0768. The molecule has 2 amide bonds. The fraction of sp³-hybridized carbons (Fsp3) is 0.231. The standard InChI is InChI=1S/C26H29N3O4/c1-32-17-7-16-27-26(31)21-12-14-22(15-13-21)29-25(30)18-28-23-10-5-6-11-24(23)33-19-20-8-3-2-4-9-20/h2-6,8-15,28H,7,16-19H2,1H3,(H,27,31)(H,29,30). The van der Waals surface area contributed by atoms with Crippen molar-refractivity contribution in [1.82, 2.24) is 5.32 Å². The van der Waals surface area contributed by atoms with Crippen LogP contribution in [-0.4, -0.2) is 38.6 Å². The van der Waals surface area contributed by atoms with Gasteiger partial charge in [-0.2, -0.15) is 0 Å². The van der Waals surface area contributed by atoms with E-state index < -0.39 is 0 Å². The molecule has 0 spiro atoms. The molecule has 0 unspecified atom stereocenters. The highest BCUT2D eigenvalue weighted by molar-refractivity contribution is 5.96. The molecular formula is C26H29N3O4. The van der Waals surface area contributed by atoms with Gasteiger partial charge in [0.05, 0.1) is 12.2 Å². The summed E-state index contributed by atoms with van der Waals surface area (Å²) in [4.78, 5) is 24.5. The van der Waals surface area contributed by atoms with E-state index in [-0.39, 0.29) is 18.4 Å². The topological polar surface area (TPSA) is 88.7 Å². The average molecular weight is 448 g/mol. The van der Waals surface area contributed by atoms with E-state index >= 15 is 0 Å². The summed E-state index contributed by atoms with van der Waals surface area (Å²) in [6.07, 6.45) is 0.754. The summed E-state index contributed by atoms with van der Waals surface area (Å²) in [5.74, 6) is 0.317. The molecule has 0 aliphatic carbocycles. The van der Waals surface area contributed by atoms with Gasteiger partial charge in [-0.1, -0.05) is 42.5 Å². The van der Waals surface area contributed by atoms with E-state index in [4.69, 9.17) is 9.47 Å².